The monoisotopic (exact) mass is 583 g/mol. The fraction of sp³-hybridized carbons (Fsp3) is 0.925. The SMILES string of the molecule is CCCCCCCCCCCCC(=O)O[C@H]1CC[C@@]2(C)C(=CC[C@H]3[C@@H]4CC[C@@H](CCCCCCCC)[C@@]4(C)CC[C@@H]32)C1. The highest BCUT2D eigenvalue weighted by molar-refractivity contribution is 5.69. The molecule has 0 amide bonds. The minimum absolute atomic E-state index is 0.0632. The third kappa shape index (κ3) is 8.68. The molecule has 0 unspecified atom stereocenters. The zero-order chi connectivity index (χ0) is 29.8. The van der Waals surface area contributed by atoms with Crippen molar-refractivity contribution in [3.63, 3.8) is 0 Å². The van der Waals surface area contributed by atoms with E-state index in [0.29, 0.717) is 17.3 Å². The molecule has 4 aliphatic rings. The lowest BCUT2D eigenvalue weighted by Crippen LogP contribution is -2.50. The molecule has 0 spiro atoms. The number of rotatable bonds is 19. The molecule has 0 N–H and O–H groups in total. The topological polar surface area (TPSA) is 26.3 Å². The summed E-state index contributed by atoms with van der Waals surface area (Å²) in [4.78, 5) is 12.7. The summed E-state index contributed by atoms with van der Waals surface area (Å²) in [5, 5.41) is 0. The van der Waals surface area contributed by atoms with Crippen molar-refractivity contribution in [1.82, 2.24) is 0 Å². The van der Waals surface area contributed by atoms with Gasteiger partial charge in [0.05, 0.1) is 0 Å². The van der Waals surface area contributed by atoms with Crippen molar-refractivity contribution < 1.29 is 9.53 Å². The van der Waals surface area contributed by atoms with Crippen molar-refractivity contribution >= 4 is 5.97 Å². The van der Waals surface area contributed by atoms with Gasteiger partial charge >= 0.3 is 5.97 Å². The fourth-order valence-electron chi connectivity index (χ4n) is 10.5. The summed E-state index contributed by atoms with van der Waals surface area (Å²) < 4.78 is 6.09. The summed E-state index contributed by atoms with van der Waals surface area (Å²) in [7, 11) is 0. The molecule has 0 aromatic carbocycles. The molecule has 3 fully saturated rings. The summed E-state index contributed by atoms with van der Waals surface area (Å²) >= 11 is 0. The highest BCUT2D eigenvalue weighted by Gasteiger charge is 2.58. The normalized spacial score (nSPS) is 33.9. The van der Waals surface area contributed by atoms with E-state index in [1.807, 2.05) is 0 Å². The maximum absolute atomic E-state index is 12.7. The average molecular weight is 583 g/mol. The molecular formula is C40H70O2. The van der Waals surface area contributed by atoms with E-state index in [9.17, 15) is 4.79 Å². The van der Waals surface area contributed by atoms with Gasteiger partial charge in [0.15, 0.2) is 0 Å². The summed E-state index contributed by atoms with van der Waals surface area (Å²) in [6, 6.07) is 0. The molecule has 0 aromatic heterocycles. The lowest BCUT2D eigenvalue weighted by molar-refractivity contribution is -0.151. The van der Waals surface area contributed by atoms with Crippen molar-refractivity contribution in [3.8, 4) is 0 Å². The number of ether oxygens (including phenoxy) is 1. The van der Waals surface area contributed by atoms with Crippen LogP contribution in [0.4, 0.5) is 0 Å². The number of carbonyl (C=O) groups excluding carboxylic acids is 1. The van der Waals surface area contributed by atoms with Gasteiger partial charge < -0.3 is 4.74 Å². The third-order valence-corrected chi connectivity index (χ3v) is 13.2. The van der Waals surface area contributed by atoms with Gasteiger partial charge in [-0.05, 0) is 92.3 Å². The molecule has 0 saturated heterocycles. The van der Waals surface area contributed by atoms with Crippen molar-refractivity contribution in [2.24, 2.45) is 34.5 Å². The number of hydrogen-bond donors (Lipinski definition) is 0. The quantitative estimate of drug-likeness (QED) is 0.0860. The Morgan fingerprint density at radius 3 is 2.02 bits per heavy atom. The van der Waals surface area contributed by atoms with Crippen LogP contribution in [0.5, 0.6) is 0 Å². The van der Waals surface area contributed by atoms with Crippen molar-refractivity contribution in [1.29, 1.82) is 0 Å². The van der Waals surface area contributed by atoms with Gasteiger partial charge in [-0.2, -0.15) is 0 Å². The van der Waals surface area contributed by atoms with Gasteiger partial charge in [0.1, 0.15) is 6.10 Å². The maximum Gasteiger partial charge on any atom is 0.306 e. The van der Waals surface area contributed by atoms with Gasteiger partial charge in [-0.15, -0.1) is 0 Å². The molecule has 242 valence electrons. The van der Waals surface area contributed by atoms with Crippen LogP contribution in [0.3, 0.4) is 0 Å². The number of unbranched alkanes of at least 4 members (excludes halogenated alkanes) is 14. The maximum atomic E-state index is 12.7. The van der Waals surface area contributed by atoms with E-state index in [0.717, 1.165) is 42.9 Å². The molecular weight excluding hydrogens is 512 g/mol. The lowest BCUT2D eigenvalue weighted by atomic mass is 9.47. The van der Waals surface area contributed by atoms with E-state index in [1.165, 1.54) is 141 Å². The summed E-state index contributed by atoms with van der Waals surface area (Å²) in [6.07, 6.45) is 37.0. The second-order valence-electron chi connectivity index (χ2n) is 15.9. The number of fused-ring (bicyclic) bond motifs is 5. The van der Waals surface area contributed by atoms with Crippen LogP contribution >= 0.6 is 0 Å². The standard InChI is InChI=1S/C40H70O2/c1-5-7-9-11-13-14-15-16-18-20-22-38(41)42-34-27-29-40(4)33(31-34)23-25-35-36-26-24-32(21-19-17-12-10-8-6-2)39(36,3)30-28-37(35)40/h23,32,34-37H,5-22,24-31H2,1-4H3/t32-,34+,35+,36+,37+,39-,40+/m1/s1. The van der Waals surface area contributed by atoms with Gasteiger partial charge in [-0.25, -0.2) is 0 Å². The molecule has 0 bridgehead atoms. The Hall–Kier alpha value is -0.790. The number of allylic oxidation sites excluding steroid dienone is 1. The number of esters is 1. The zero-order valence-corrected chi connectivity index (χ0v) is 28.7. The van der Waals surface area contributed by atoms with Gasteiger partial charge in [0.25, 0.3) is 0 Å². The Morgan fingerprint density at radius 1 is 0.738 bits per heavy atom. The first kappa shape index (κ1) is 34.1. The van der Waals surface area contributed by atoms with E-state index in [1.54, 1.807) is 5.57 Å². The largest absolute Gasteiger partial charge is 0.462 e. The summed E-state index contributed by atoms with van der Waals surface area (Å²) in [5.41, 5.74) is 2.59. The van der Waals surface area contributed by atoms with Gasteiger partial charge in [-0.1, -0.05) is 136 Å². The molecule has 2 heteroatoms. The summed E-state index contributed by atoms with van der Waals surface area (Å²) in [5.74, 6) is 3.72. The molecule has 0 aliphatic heterocycles. The molecule has 4 rings (SSSR count). The first-order chi connectivity index (χ1) is 20.4. The zero-order valence-electron chi connectivity index (χ0n) is 28.7. The summed E-state index contributed by atoms with van der Waals surface area (Å²) in [6.45, 7) is 9.91. The van der Waals surface area contributed by atoms with E-state index in [2.05, 4.69) is 33.8 Å². The minimum atomic E-state index is 0.0632. The van der Waals surface area contributed by atoms with Crippen LogP contribution in [-0.4, -0.2) is 12.1 Å². The van der Waals surface area contributed by atoms with E-state index in [4.69, 9.17) is 4.74 Å². The van der Waals surface area contributed by atoms with Crippen LogP contribution in [0, 0.1) is 34.5 Å². The second-order valence-corrected chi connectivity index (χ2v) is 15.9. The Bertz CT molecular complexity index is 829. The first-order valence-electron chi connectivity index (χ1n) is 19.3. The van der Waals surface area contributed by atoms with Gasteiger partial charge in [0, 0.05) is 12.8 Å². The van der Waals surface area contributed by atoms with Crippen molar-refractivity contribution in [2.45, 2.75) is 201 Å². The third-order valence-electron chi connectivity index (χ3n) is 13.2. The first-order valence-corrected chi connectivity index (χ1v) is 19.3. The highest BCUT2D eigenvalue weighted by atomic mass is 16.5. The van der Waals surface area contributed by atoms with Crippen LogP contribution in [0.25, 0.3) is 0 Å². The van der Waals surface area contributed by atoms with Gasteiger partial charge in [-0.3, -0.25) is 4.79 Å². The Morgan fingerprint density at radius 2 is 1.36 bits per heavy atom. The van der Waals surface area contributed by atoms with Crippen LogP contribution in [0.1, 0.15) is 195 Å². The smallest absolute Gasteiger partial charge is 0.306 e. The Labute approximate surface area is 262 Å². The molecule has 0 radical (unpaired) electrons. The molecule has 7 atom stereocenters. The van der Waals surface area contributed by atoms with E-state index in [-0.39, 0.29) is 12.1 Å². The Kier molecular flexibility index (Phi) is 13.8. The predicted molar refractivity (Wildman–Crippen MR) is 180 cm³/mol. The molecule has 42 heavy (non-hydrogen) atoms. The van der Waals surface area contributed by atoms with Gasteiger partial charge in [0.2, 0.25) is 0 Å². The second kappa shape index (κ2) is 17.1. The number of hydrogen-bond acceptors (Lipinski definition) is 2. The molecule has 0 aromatic rings. The fourth-order valence-corrected chi connectivity index (χ4v) is 10.5. The minimum Gasteiger partial charge on any atom is -0.462 e. The molecule has 3 saturated carbocycles. The van der Waals surface area contributed by atoms with Crippen LogP contribution < -0.4 is 0 Å². The van der Waals surface area contributed by atoms with Crippen molar-refractivity contribution in [2.75, 3.05) is 0 Å². The molecule has 0 heterocycles. The van der Waals surface area contributed by atoms with E-state index < -0.39 is 0 Å². The van der Waals surface area contributed by atoms with Crippen LogP contribution in [0.15, 0.2) is 11.6 Å². The average Bonchev–Trinajstić information content (AvgIpc) is 3.32. The Balaban J connectivity index is 1.18. The molecule has 2 nitrogen and oxygen atoms in total. The highest BCUT2D eigenvalue weighted by Crippen LogP contribution is 2.66. The van der Waals surface area contributed by atoms with E-state index >= 15 is 0 Å². The molecule has 4 aliphatic carbocycles. The van der Waals surface area contributed by atoms with Crippen molar-refractivity contribution in [3.05, 3.63) is 11.6 Å². The predicted octanol–water partition coefficient (Wildman–Crippen LogP) is 12.5. The number of carbonyl (C=O) groups is 1. The lowest BCUT2D eigenvalue weighted by Gasteiger charge is -2.58. The van der Waals surface area contributed by atoms with Crippen LogP contribution in [0.2, 0.25) is 0 Å². The van der Waals surface area contributed by atoms with Crippen LogP contribution in [-0.2, 0) is 9.53 Å².